The standard InChI is InChI=1S/C67H112O6/c1-4-7-10-13-16-19-22-25-28-29-30-31-32-33-34-35-36-37-40-42-45-48-51-54-57-60-66(69)72-63-64(73-67(70)61-58-55-52-49-46-43-39-27-24-21-18-15-12-9-6-3)62-71-65(68)59-56-53-50-47-44-41-38-26-23-20-17-14-11-8-5-2/h7,9-10,12,16,18-19,21,25-28,30-31,33-34,38-39,64H,4-6,8,11,13-15,17,20,22-24,29,32,35-37,40-63H2,1-3H3/b10-7-,12-9-,19-16-,21-18-,28-25-,31-30-,34-33-,38-26-,39-27-. The Kier molecular flexibility index (Phi) is 57.4. The minimum absolute atomic E-state index is 0.0917. The molecule has 1 unspecified atom stereocenters. The van der Waals surface area contributed by atoms with Crippen molar-refractivity contribution in [3.63, 3.8) is 0 Å². The van der Waals surface area contributed by atoms with Gasteiger partial charge in [0.25, 0.3) is 0 Å². The number of carbonyl (C=O) groups excluding carboxylic acids is 3. The molecule has 0 aromatic rings. The van der Waals surface area contributed by atoms with E-state index in [0.29, 0.717) is 19.3 Å². The Bertz CT molecular complexity index is 1490. The van der Waals surface area contributed by atoms with E-state index in [1.807, 2.05) is 0 Å². The topological polar surface area (TPSA) is 78.9 Å². The van der Waals surface area contributed by atoms with Gasteiger partial charge in [0.2, 0.25) is 0 Å². The summed E-state index contributed by atoms with van der Waals surface area (Å²) in [5.74, 6) is -0.919. The summed E-state index contributed by atoms with van der Waals surface area (Å²) in [5, 5.41) is 0. The molecule has 0 bridgehead atoms. The van der Waals surface area contributed by atoms with Gasteiger partial charge in [0.05, 0.1) is 0 Å². The summed E-state index contributed by atoms with van der Waals surface area (Å²) in [6.45, 7) is 6.39. The number of hydrogen-bond donors (Lipinski definition) is 0. The highest BCUT2D eigenvalue weighted by Gasteiger charge is 2.19. The molecule has 0 aliphatic heterocycles. The maximum atomic E-state index is 12.9. The Morgan fingerprint density at radius 2 is 0.534 bits per heavy atom. The van der Waals surface area contributed by atoms with Crippen molar-refractivity contribution in [1.29, 1.82) is 0 Å². The van der Waals surface area contributed by atoms with E-state index in [-0.39, 0.29) is 31.1 Å². The van der Waals surface area contributed by atoms with Crippen LogP contribution < -0.4 is 0 Å². The van der Waals surface area contributed by atoms with Crippen molar-refractivity contribution < 1.29 is 28.6 Å². The van der Waals surface area contributed by atoms with Gasteiger partial charge in [0, 0.05) is 19.3 Å². The summed E-state index contributed by atoms with van der Waals surface area (Å²) in [7, 11) is 0. The Morgan fingerprint density at radius 3 is 0.849 bits per heavy atom. The zero-order valence-electron chi connectivity index (χ0n) is 47.6. The van der Waals surface area contributed by atoms with E-state index in [4.69, 9.17) is 14.2 Å². The Hall–Kier alpha value is -3.93. The zero-order chi connectivity index (χ0) is 52.9. The van der Waals surface area contributed by atoms with E-state index in [9.17, 15) is 14.4 Å². The van der Waals surface area contributed by atoms with Crippen molar-refractivity contribution in [2.75, 3.05) is 13.2 Å². The lowest BCUT2D eigenvalue weighted by Gasteiger charge is -2.18. The van der Waals surface area contributed by atoms with Crippen molar-refractivity contribution in [3.05, 3.63) is 109 Å². The molecule has 0 amide bonds. The number of ether oxygens (including phenoxy) is 3. The van der Waals surface area contributed by atoms with Crippen molar-refractivity contribution >= 4 is 17.9 Å². The van der Waals surface area contributed by atoms with Gasteiger partial charge in [-0.1, -0.05) is 246 Å². The van der Waals surface area contributed by atoms with Crippen LogP contribution in [0.2, 0.25) is 0 Å². The molecule has 0 aromatic carbocycles. The second-order valence-corrected chi connectivity index (χ2v) is 19.8. The van der Waals surface area contributed by atoms with E-state index in [1.54, 1.807) is 0 Å². The van der Waals surface area contributed by atoms with Gasteiger partial charge < -0.3 is 14.2 Å². The second-order valence-electron chi connectivity index (χ2n) is 19.8. The molecule has 0 spiro atoms. The van der Waals surface area contributed by atoms with Crippen LogP contribution in [0.5, 0.6) is 0 Å². The molecule has 6 nitrogen and oxygen atoms in total. The number of esters is 3. The van der Waals surface area contributed by atoms with Crippen molar-refractivity contribution in [2.45, 2.75) is 284 Å². The van der Waals surface area contributed by atoms with E-state index in [2.05, 4.69) is 130 Å². The van der Waals surface area contributed by atoms with Crippen LogP contribution in [0.3, 0.4) is 0 Å². The van der Waals surface area contributed by atoms with Crippen LogP contribution in [0, 0.1) is 0 Å². The van der Waals surface area contributed by atoms with Crippen LogP contribution in [0.1, 0.15) is 278 Å². The maximum absolute atomic E-state index is 12.9. The molecule has 0 saturated heterocycles. The van der Waals surface area contributed by atoms with Crippen LogP contribution in [0.15, 0.2) is 109 Å². The fourth-order valence-corrected chi connectivity index (χ4v) is 8.24. The lowest BCUT2D eigenvalue weighted by atomic mass is 10.1. The van der Waals surface area contributed by atoms with Gasteiger partial charge in [0.15, 0.2) is 6.10 Å². The van der Waals surface area contributed by atoms with Gasteiger partial charge in [-0.3, -0.25) is 14.4 Å². The molecule has 0 aliphatic rings. The molecule has 0 radical (unpaired) electrons. The van der Waals surface area contributed by atoms with Crippen molar-refractivity contribution in [1.82, 2.24) is 0 Å². The predicted octanol–water partition coefficient (Wildman–Crippen LogP) is 20.7. The largest absolute Gasteiger partial charge is 0.462 e. The molecule has 0 heterocycles. The van der Waals surface area contributed by atoms with Gasteiger partial charge in [-0.15, -0.1) is 0 Å². The fourth-order valence-electron chi connectivity index (χ4n) is 8.24. The average molecular weight is 1010 g/mol. The van der Waals surface area contributed by atoms with Crippen LogP contribution in [-0.4, -0.2) is 37.2 Å². The second kappa shape index (κ2) is 60.6. The number of rotatable bonds is 54. The molecule has 0 aliphatic carbocycles. The van der Waals surface area contributed by atoms with Gasteiger partial charge in [-0.2, -0.15) is 0 Å². The normalized spacial score (nSPS) is 12.9. The molecule has 0 aromatic heterocycles. The van der Waals surface area contributed by atoms with Crippen molar-refractivity contribution in [3.8, 4) is 0 Å². The third kappa shape index (κ3) is 58.8. The third-order valence-electron chi connectivity index (χ3n) is 12.7. The van der Waals surface area contributed by atoms with E-state index >= 15 is 0 Å². The van der Waals surface area contributed by atoms with E-state index in [1.165, 1.54) is 96.3 Å². The summed E-state index contributed by atoms with van der Waals surface area (Å²) < 4.78 is 16.9. The minimum atomic E-state index is -0.795. The fraction of sp³-hybridized carbons (Fsp3) is 0.687. The summed E-state index contributed by atoms with van der Waals surface area (Å²) >= 11 is 0. The molecule has 416 valence electrons. The Labute approximate surface area is 450 Å². The monoisotopic (exact) mass is 1010 g/mol. The first-order valence-electron chi connectivity index (χ1n) is 30.4. The number of hydrogen-bond acceptors (Lipinski definition) is 6. The molecule has 0 rings (SSSR count). The molecule has 0 N–H and O–H groups in total. The highest BCUT2D eigenvalue weighted by Crippen LogP contribution is 2.15. The Morgan fingerprint density at radius 1 is 0.288 bits per heavy atom. The first kappa shape index (κ1) is 69.1. The molecule has 0 saturated carbocycles. The van der Waals surface area contributed by atoms with E-state index in [0.717, 1.165) is 141 Å². The van der Waals surface area contributed by atoms with Crippen LogP contribution in [0.25, 0.3) is 0 Å². The average Bonchev–Trinajstić information content (AvgIpc) is 3.39. The summed E-state index contributed by atoms with van der Waals surface area (Å²) in [4.78, 5) is 38.2. The molecule has 0 fully saturated rings. The smallest absolute Gasteiger partial charge is 0.306 e. The van der Waals surface area contributed by atoms with Crippen LogP contribution in [0.4, 0.5) is 0 Å². The number of unbranched alkanes of at least 4 members (excludes halogenated alkanes) is 25. The Balaban J connectivity index is 4.37. The summed E-state index contributed by atoms with van der Waals surface area (Å²) in [5.41, 5.74) is 0. The van der Waals surface area contributed by atoms with E-state index < -0.39 is 6.10 Å². The summed E-state index contributed by atoms with van der Waals surface area (Å²) in [6, 6.07) is 0. The number of allylic oxidation sites excluding steroid dienone is 18. The third-order valence-corrected chi connectivity index (χ3v) is 12.7. The number of carbonyl (C=O) groups is 3. The molecule has 1 atom stereocenters. The van der Waals surface area contributed by atoms with Gasteiger partial charge in [-0.05, 0) is 122 Å². The lowest BCUT2D eigenvalue weighted by Crippen LogP contribution is -2.30. The quantitative estimate of drug-likeness (QED) is 0.0261. The zero-order valence-corrected chi connectivity index (χ0v) is 47.6. The highest BCUT2D eigenvalue weighted by molar-refractivity contribution is 5.71. The van der Waals surface area contributed by atoms with Crippen molar-refractivity contribution in [2.24, 2.45) is 0 Å². The first-order valence-corrected chi connectivity index (χ1v) is 30.4. The van der Waals surface area contributed by atoms with Crippen LogP contribution in [-0.2, 0) is 28.6 Å². The summed E-state index contributed by atoms with van der Waals surface area (Å²) in [6.07, 6.45) is 82.2. The predicted molar refractivity (Wildman–Crippen MR) is 316 cm³/mol. The lowest BCUT2D eigenvalue weighted by molar-refractivity contribution is -0.167. The molecule has 73 heavy (non-hydrogen) atoms. The first-order chi connectivity index (χ1) is 36.0. The van der Waals surface area contributed by atoms with Gasteiger partial charge in [0.1, 0.15) is 13.2 Å². The molecular formula is C67H112O6. The maximum Gasteiger partial charge on any atom is 0.306 e. The van der Waals surface area contributed by atoms with Gasteiger partial charge in [-0.25, -0.2) is 0 Å². The SMILES string of the molecule is CC/C=C\C/C=C\C/C=C\C/C=C\C/C=C\CCCCCCCCCCCC(=O)OCC(COC(=O)CCCCCCC/C=C\CCCCCCCC)OC(=O)CCCCCCC/C=C\C/C=C\C/C=C\CC. The minimum Gasteiger partial charge on any atom is -0.462 e. The molecular weight excluding hydrogens is 901 g/mol. The van der Waals surface area contributed by atoms with Crippen LogP contribution >= 0.6 is 0 Å². The van der Waals surface area contributed by atoms with Gasteiger partial charge >= 0.3 is 17.9 Å². The molecule has 6 heteroatoms. The highest BCUT2D eigenvalue weighted by atomic mass is 16.6.